The van der Waals surface area contributed by atoms with Crippen LogP contribution in [-0.2, 0) is 35.1 Å². The number of allylic oxidation sites excluding steroid dienone is 1. The molecule has 2 heterocycles. The molecule has 84 heavy (non-hydrogen) atoms. The Morgan fingerprint density at radius 1 is 0.393 bits per heavy atom. The van der Waals surface area contributed by atoms with Gasteiger partial charge in [-0.05, 0) is 114 Å². The van der Waals surface area contributed by atoms with Crippen LogP contribution in [0.1, 0.15) is 108 Å². The molecule has 2 atom stereocenters. The molecule has 0 fully saturated rings. The highest BCUT2D eigenvalue weighted by molar-refractivity contribution is 5.85. The van der Waals surface area contributed by atoms with Crippen molar-refractivity contribution >= 4 is 21.5 Å². The van der Waals surface area contributed by atoms with E-state index < -0.39 is 22.3 Å². The van der Waals surface area contributed by atoms with Crippen molar-refractivity contribution in [2.24, 2.45) is 11.8 Å². The normalized spacial score (nSPS) is 13.3. The second-order valence-corrected chi connectivity index (χ2v) is 22.8. The molecule has 6 nitrogen and oxygen atoms in total. The summed E-state index contributed by atoms with van der Waals surface area (Å²) in [5.41, 5.74) is 8.22. The lowest BCUT2D eigenvalue weighted by molar-refractivity contribution is 0.0277. The molecule has 6 heteroatoms. The van der Waals surface area contributed by atoms with Crippen LogP contribution in [0.2, 0.25) is 0 Å². The molecule has 0 radical (unpaired) electrons. The molecule has 0 aliphatic carbocycles. The number of hydrogen-bond acceptors (Lipinski definition) is 4. The van der Waals surface area contributed by atoms with Crippen molar-refractivity contribution in [2.75, 3.05) is 0 Å². The van der Waals surface area contributed by atoms with Crippen LogP contribution >= 0.6 is 0 Å². The van der Waals surface area contributed by atoms with Gasteiger partial charge in [-0.15, -0.1) is 6.58 Å². The maximum Gasteiger partial charge on any atom is 0.135 e. The molecule has 12 aromatic rings. The van der Waals surface area contributed by atoms with Crippen LogP contribution < -0.4 is 0 Å². The van der Waals surface area contributed by atoms with Gasteiger partial charge < -0.3 is 19.3 Å². The molecule has 0 aliphatic rings. The molecule has 10 aromatic carbocycles. The maximum absolute atomic E-state index is 12.5. The van der Waals surface area contributed by atoms with Crippen LogP contribution in [0.3, 0.4) is 0 Å². The minimum atomic E-state index is -1.30. The number of fused-ring (bicyclic) bond motifs is 2. The van der Waals surface area contributed by atoms with Crippen LogP contribution in [0.25, 0.3) is 21.5 Å². The number of imidazole rings is 2. The lowest BCUT2D eigenvalue weighted by Crippen LogP contribution is -2.37. The van der Waals surface area contributed by atoms with Gasteiger partial charge in [-0.1, -0.05) is 290 Å². The fraction of sp³-hybridized carbons (Fsp3) is 0.179. The SMILES string of the molecule is C=CCc1ccc2cc(C(O)(c3cn(C(c4ccccc4)(c4ccccc4)c4ccccc4)cn3)C(C)C)ccc2c1.CCCc1ccc2cc(C(O)(c3cn(C(c4ccccc4)(c4ccccc4)c4ccccc4)cn3)C(C)C)ccc2c1. The largest absolute Gasteiger partial charge is 0.378 e. The molecule has 0 spiro atoms. The standard InChI is InChI=1S/C39H38N2O.C39H36N2O/c2*1-4-14-30-21-22-32-26-36(24-23-31(32)25-30)39(42,29(2)3)37-27-41(28-40-37)38(33-15-8-5-9-16-33,34-17-10-6-11-18-34)35-19-12-7-13-20-35/h5-13,15-29,42H,4,14H2,1-3H3;4-13,15-29,42H,1,14H2,2-3H3. The van der Waals surface area contributed by atoms with Crippen LogP contribution in [0, 0.1) is 11.8 Å². The van der Waals surface area contributed by atoms with Crippen LogP contribution in [-0.4, -0.2) is 29.3 Å². The van der Waals surface area contributed by atoms with Crippen LogP contribution in [0.4, 0.5) is 0 Å². The molecule has 2 aromatic heterocycles. The third kappa shape index (κ3) is 10.3. The van der Waals surface area contributed by atoms with Crippen molar-refractivity contribution in [2.45, 2.75) is 76.2 Å². The van der Waals surface area contributed by atoms with E-state index in [9.17, 15) is 10.2 Å². The molecule has 0 aliphatic heterocycles. The van der Waals surface area contributed by atoms with Gasteiger partial charge in [0.2, 0.25) is 0 Å². The molecule has 0 saturated heterocycles. The van der Waals surface area contributed by atoms with Gasteiger partial charge in [0.15, 0.2) is 0 Å². The Morgan fingerprint density at radius 3 is 1.00 bits per heavy atom. The first kappa shape index (κ1) is 56.7. The summed E-state index contributed by atoms with van der Waals surface area (Å²) in [7, 11) is 0. The third-order valence-electron chi connectivity index (χ3n) is 17.1. The summed E-state index contributed by atoms with van der Waals surface area (Å²) in [6, 6.07) is 88.9. The van der Waals surface area contributed by atoms with Gasteiger partial charge >= 0.3 is 0 Å². The predicted molar refractivity (Wildman–Crippen MR) is 345 cm³/mol. The summed E-state index contributed by atoms with van der Waals surface area (Å²) in [5, 5.41) is 29.6. The van der Waals surface area contributed by atoms with Gasteiger partial charge in [0.05, 0.1) is 24.0 Å². The molecule has 0 bridgehead atoms. The molecule has 0 saturated carbocycles. The van der Waals surface area contributed by atoms with E-state index in [0.29, 0.717) is 11.4 Å². The van der Waals surface area contributed by atoms with Gasteiger partial charge in [0, 0.05) is 12.4 Å². The van der Waals surface area contributed by atoms with Gasteiger partial charge in [0.25, 0.3) is 0 Å². The third-order valence-corrected chi connectivity index (χ3v) is 17.1. The van der Waals surface area contributed by atoms with Crippen molar-refractivity contribution < 1.29 is 10.2 Å². The zero-order valence-corrected chi connectivity index (χ0v) is 48.8. The number of aromatic nitrogens is 4. The fourth-order valence-electron chi connectivity index (χ4n) is 12.7. The molecule has 0 amide bonds. The van der Waals surface area contributed by atoms with Gasteiger partial charge in [-0.2, -0.15) is 0 Å². The van der Waals surface area contributed by atoms with Crippen molar-refractivity contribution in [1.82, 2.24) is 19.1 Å². The van der Waals surface area contributed by atoms with E-state index in [1.165, 1.54) is 16.5 Å². The fourth-order valence-corrected chi connectivity index (χ4v) is 12.7. The minimum absolute atomic E-state index is 0.114. The summed E-state index contributed by atoms with van der Waals surface area (Å²) >= 11 is 0. The Balaban J connectivity index is 0.000000175. The van der Waals surface area contributed by atoms with E-state index in [0.717, 1.165) is 79.9 Å². The first-order chi connectivity index (χ1) is 40.9. The Hall–Kier alpha value is -9.20. The van der Waals surface area contributed by atoms with E-state index in [4.69, 9.17) is 9.97 Å². The molecule has 2 unspecified atom stereocenters. The number of rotatable bonds is 18. The summed E-state index contributed by atoms with van der Waals surface area (Å²) in [6.45, 7) is 14.3. The quantitative estimate of drug-likeness (QED) is 0.0663. The number of hydrogen-bond donors (Lipinski definition) is 2. The number of benzene rings is 10. The van der Waals surface area contributed by atoms with Crippen LogP contribution in [0.5, 0.6) is 0 Å². The second-order valence-electron chi connectivity index (χ2n) is 22.8. The average molecular weight is 1100 g/mol. The van der Waals surface area contributed by atoms with Crippen LogP contribution in [0.15, 0.2) is 292 Å². The first-order valence-corrected chi connectivity index (χ1v) is 29.5. The lowest BCUT2D eigenvalue weighted by Gasteiger charge is -2.37. The smallest absolute Gasteiger partial charge is 0.135 e. The highest BCUT2D eigenvalue weighted by Crippen LogP contribution is 2.46. The summed E-state index contributed by atoms with van der Waals surface area (Å²) < 4.78 is 4.34. The van der Waals surface area contributed by atoms with Crippen molar-refractivity contribution in [3.63, 3.8) is 0 Å². The topological polar surface area (TPSA) is 76.1 Å². The number of nitrogens with zero attached hydrogens (tertiary/aromatic N) is 4. The monoisotopic (exact) mass is 1100 g/mol. The van der Waals surface area contributed by atoms with E-state index in [1.54, 1.807) is 0 Å². The van der Waals surface area contributed by atoms with Crippen molar-refractivity contribution in [1.29, 1.82) is 0 Å². The Morgan fingerprint density at radius 2 is 0.690 bits per heavy atom. The molecule has 2 N–H and O–H groups in total. The maximum atomic E-state index is 12.5. The summed E-state index contributed by atoms with van der Waals surface area (Å²) in [5.74, 6) is -0.241. The number of aryl methyl sites for hydroxylation is 1. The highest BCUT2D eigenvalue weighted by Gasteiger charge is 2.44. The van der Waals surface area contributed by atoms with Crippen molar-refractivity contribution in [3.05, 3.63) is 360 Å². The second kappa shape index (κ2) is 24.3. The first-order valence-electron chi connectivity index (χ1n) is 29.5. The number of aliphatic hydroxyl groups is 2. The van der Waals surface area contributed by atoms with Gasteiger partial charge in [-0.3, -0.25) is 0 Å². The zero-order valence-electron chi connectivity index (χ0n) is 48.8. The van der Waals surface area contributed by atoms with E-state index in [1.807, 2.05) is 73.6 Å². The Bertz CT molecular complexity index is 3930. The Kier molecular flexibility index (Phi) is 16.4. The van der Waals surface area contributed by atoms with Gasteiger partial charge in [0.1, 0.15) is 22.3 Å². The molecular weight excluding hydrogens is 1020 g/mol. The zero-order chi connectivity index (χ0) is 58.3. The highest BCUT2D eigenvalue weighted by atomic mass is 16.3. The van der Waals surface area contributed by atoms with E-state index >= 15 is 0 Å². The Labute approximate surface area is 495 Å². The summed E-state index contributed by atoms with van der Waals surface area (Å²) in [6.07, 6.45) is 12.8. The molecule has 12 rings (SSSR count). The van der Waals surface area contributed by atoms with Gasteiger partial charge in [-0.25, -0.2) is 9.97 Å². The minimum Gasteiger partial charge on any atom is -0.378 e. The average Bonchev–Trinajstić information content (AvgIpc) is 1.71. The molecule has 418 valence electrons. The van der Waals surface area contributed by atoms with E-state index in [2.05, 4.69) is 263 Å². The van der Waals surface area contributed by atoms with Crippen molar-refractivity contribution in [3.8, 4) is 0 Å². The lowest BCUT2D eigenvalue weighted by atomic mass is 9.76. The summed E-state index contributed by atoms with van der Waals surface area (Å²) in [4.78, 5) is 9.91. The molecular formula is C78H74N4O2. The predicted octanol–water partition coefficient (Wildman–Crippen LogP) is 17.2. The van der Waals surface area contributed by atoms with E-state index in [-0.39, 0.29) is 11.8 Å².